The van der Waals surface area contributed by atoms with E-state index in [1.165, 1.54) is 48.5 Å². The van der Waals surface area contributed by atoms with Crippen molar-refractivity contribution in [3.63, 3.8) is 0 Å². The molecular formula is C12H8N2O4PtS2. The third kappa shape index (κ3) is 7.08. The van der Waals surface area contributed by atoms with Crippen molar-refractivity contribution in [1.82, 2.24) is 0 Å². The van der Waals surface area contributed by atoms with E-state index < -0.39 is 9.85 Å². The van der Waals surface area contributed by atoms with E-state index in [1.807, 2.05) is 0 Å². The number of hydrogen-bond donors (Lipinski definition) is 0. The van der Waals surface area contributed by atoms with Gasteiger partial charge in [0.05, 0.1) is 9.85 Å². The van der Waals surface area contributed by atoms with Gasteiger partial charge in [0.25, 0.3) is 11.4 Å². The summed E-state index contributed by atoms with van der Waals surface area (Å²) in [6, 6.07) is 11.7. The third-order valence-electron chi connectivity index (χ3n) is 2.10. The quantitative estimate of drug-likeness (QED) is 0.356. The first-order valence-electron chi connectivity index (χ1n) is 5.23. The van der Waals surface area contributed by atoms with Crippen LogP contribution in [-0.4, -0.2) is 9.85 Å². The van der Waals surface area contributed by atoms with Crippen LogP contribution in [0.15, 0.2) is 58.3 Å². The fraction of sp³-hybridized carbons (Fsp3) is 0. The van der Waals surface area contributed by atoms with E-state index in [-0.39, 0.29) is 32.4 Å². The number of nitro benzene ring substituents is 2. The summed E-state index contributed by atoms with van der Waals surface area (Å²) in [5.74, 6) is 0. The topological polar surface area (TPSA) is 86.3 Å². The normalized spacial score (nSPS) is 8.76. The second kappa shape index (κ2) is 9.33. The summed E-state index contributed by atoms with van der Waals surface area (Å²) in [6.07, 6.45) is 0. The van der Waals surface area contributed by atoms with Crippen molar-refractivity contribution >= 4 is 36.6 Å². The number of non-ortho nitro benzene ring substituents is 2. The van der Waals surface area contributed by atoms with Crippen LogP contribution in [0.25, 0.3) is 0 Å². The Morgan fingerprint density at radius 1 is 0.667 bits per heavy atom. The van der Waals surface area contributed by atoms with Crippen molar-refractivity contribution in [3.8, 4) is 0 Å². The Hall–Kier alpha value is -1.63. The monoisotopic (exact) mass is 503 g/mol. The Labute approximate surface area is 145 Å². The van der Waals surface area contributed by atoms with Gasteiger partial charge in [0.2, 0.25) is 0 Å². The van der Waals surface area contributed by atoms with E-state index >= 15 is 0 Å². The third-order valence-corrected chi connectivity index (χ3v) is 2.64. The van der Waals surface area contributed by atoms with Crippen LogP contribution in [0.1, 0.15) is 0 Å². The van der Waals surface area contributed by atoms with Gasteiger partial charge in [0, 0.05) is 24.3 Å². The van der Waals surface area contributed by atoms with Gasteiger partial charge in [-0.3, -0.25) is 20.2 Å². The average molecular weight is 503 g/mol. The van der Waals surface area contributed by atoms with E-state index in [9.17, 15) is 20.2 Å². The molecule has 0 radical (unpaired) electrons. The van der Waals surface area contributed by atoms with Gasteiger partial charge in [0.1, 0.15) is 0 Å². The fourth-order valence-corrected chi connectivity index (χ4v) is 1.41. The average Bonchev–Trinajstić information content (AvgIpc) is 2.40. The molecule has 21 heavy (non-hydrogen) atoms. The van der Waals surface area contributed by atoms with Crippen LogP contribution in [-0.2, 0) is 46.3 Å². The predicted octanol–water partition coefficient (Wildman–Crippen LogP) is 3.00. The molecule has 0 aromatic heterocycles. The van der Waals surface area contributed by atoms with Crippen LogP contribution in [0.2, 0.25) is 0 Å². The number of hydrogen-bond acceptors (Lipinski definition) is 6. The van der Waals surface area contributed by atoms with Gasteiger partial charge >= 0.3 is 21.1 Å². The van der Waals surface area contributed by atoms with Crippen molar-refractivity contribution in [2.45, 2.75) is 9.79 Å². The molecule has 0 bridgehead atoms. The summed E-state index contributed by atoms with van der Waals surface area (Å²) >= 11 is 9.47. The molecule has 0 saturated carbocycles. The Morgan fingerprint density at radius 3 is 1.10 bits per heavy atom. The molecule has 0 atom stereocenters. The van der Waals surface area contributed by atoms with Gasteiger partial charge in [-0.05, 0) is 0 Å². The van der Waals surface area contributed by atoms with Gasteiger partial charge in [0.15, 0.2) is 0 Å². The second-order valence-corrected chi connectivity index (χ2v) is 4.44. The predicted molar refractivity (Wildman–Crippen MR) is 77.5 cm³/mol. The molecule has 2 rings (SSSR count). The minimum Gasteiger partial charge on any atom is -0.780 e. The van der Waals surface area contributed by atoms with E-state index in [0.717, 1.165) is 0 Å². The Morgan fingerprint density at radius 2 is 0.905 bits per heavy atom. The molecule has 112 valence electrons. The molecule has 0 aliphatic carbocycles. The molecule has 0 saturated heterocycles. The van der Waals surface area contributed by atoms with Crippen molar-refractivity contribution in [1.29, 1.82) is 0 Å². The molecule has 2 aromatic rings. The summed E-state index contributed by atoms with van der Waals surface area (Å²) in [6.45, 7) is 0. The first-order chi connectivity index (χ1) is 9.40. The van der Waals surface area contributed by atoms with Gasteiger partial charge in [-0.1, -0.05) is 24.3 Å². The van der Waals surface area contributed by atoms with Crippen LogP contribution >= 0.6 is 0 Å². The maximum Gasteiger partial charge on any atom is 2.00 e. The fourth-order valence-electron chi connectivity index (χ4n) is 1.14. The van der Waals surface area contributed by atoms with Crippen LogP contribution in [0.3, 0.4) is 0 Å². The minimum atomic E-state index is -0.450. The second-order valence-electron chi connectivity index (χ2n) is 3.50. The molecule has 6 nitrogen and oxygen atoms in total. The molecule has 9 heteroatoms. The minimum absolute atomic E-state index is 0. The van der Waals surface area contributed by atoms with E-state index in [2.05, 4.69) is 0 Å². The number of nitro groups is 2. The summed E-state index contributed by atoms with van der Waals surface area (Å²) in [4.78, 5) is 20.5. The maximum atomic E-state index is 10.1. The first kappa shape index (κ1) is 19.4. The summed E-state index contributed by atoms with van der Waals surface area (Å²) in [5, 5.41) is 20.2. The molecule has 0 unspecified atom stereocenters. The van der Waals surface area contributed by atoms with Crippen LogP contribution in [0, 0.1) is 20.2 Å². The molecule has 0 aliphatic rings. The van der Waals surface area contributed by atoms with Crippen molar-refractivity contribution in [2.24, 2.45) is 0 Å². The Bertz CT molecular complexity index is 550. The van der Waals surface area contributed by atoms with Crippen LogP contribution in [0.4, 0.5) is 11.4 Å². The zero-order valence-electron chi connectivity index (χ0n) is 10.3. The molecule has 2 aromatic carbocycles. The van der Waals surface area contributed by atoms with Crippen molar-refractivity contribution < 1.29 is 30.9 Å². The molecule has 0 heterocycles. The zero-order chi connectivity index (χ0) is 15.1. The maximum absolute atomic E-state index is 10.1. The van der Waals surface area contributed by atoms with Gasteiger partial charge in [-0.15, -0.1) is 0 Å². The summed E-state index contributed by atoms with van der Waals surface area (Å²) < 4.78 is 0. The molecule has 0 fully saturated rings. The van der Waals surface area contributed by atoms with E-state index in [4.69, 9.17) is 25.3 Å². The smallest absolute Gasteiger partial charge is 0.780 e. The molecule has 0 amide bonds. The zero-order valence-corrected chi connectivity index (χ0v) is 14.2. The largest absolute Gasteiger partial charge is 2.00 e. The van der Waals surface area contributed by atoms with Gasteiger partial charge in [-0.25, -0.2) is 0 Å². The standard InChI is InChI=1S/2C6H5NO2S.Pt/c2*8-7(9)5-1-3-6(10)4-2-5;/h2*1-4,10H;/q;;+2/p-2. The van der Waals surface area contributed by atoms with Gasteiger partial charge in [-0.2, -0.15) is 9.79 Å². The Kier molecular flexibility index (Phi) is 8.61. The summed E-state index contributed by atoms with van der Waals surface area (Å²) in [5.41, 5.74) is 0.155. The first-order valence-corrected chi connectivity index (χ1v) is 6.04. The molecular weight excluding hydrogens is 495 g/mol. The molecule has 0 aliphatic heterocycles. The Balaban J connectivity index is 0.000000364. The van der Waals surface area contributed by atoms with Crippen LogP contribution < -0.4 is 0 Å². The molecule has 0 spiro atoms. The van der Waals surface area contributed by atoms with E-state index in [0.29, 0.717) is 9.79 Å². The summed E-state index contributed by atoms with van der Waals surface area (Å²) in [7, 11) is 0. The van der Waals surface area contributed by atoms with Crippen molar-refractivity contribution in [2.75, 3.05) is 0 Å². The van der Waals surface area contributed by atoms with Crippen LogP contribution in [0.5, 0.6) is 0 Å². The SMILES string of the molecule is O=[N+]([O-])c1ccc([S-])cc1.O=[N+]([O-])c1ccc([S-])cc1.[Pt+2]. The number of rotatable bonds is 2. The van der Waals surface area contributed by atoms with Crippen molar-refractivity contribution in [3.05, 3.63) is 68.8 Å². The van der Waals surface area contributed by atoms with E-state index in [1.54, 1.807) is 0 Å². The molecule has 0 N–H and O–H groups in total. The number of nitrogens with zero attached hydrogens (tertiary/aromatic N) is 2. The van der Waals surface area contributed by atoms with Gasteiger partial charge < -0.3 is 25.3 Å². The number of benzene rings is 2.